The van der Waals surface area contributed by atoms with Gasteiger partial charge in [0.2, 0.25) is 9.84 Å². The number of aromatic hydroxyl groups is 1. The van der Waals surface area contributed by atoms with Gasteiger partial charge in [0.25, 0.3) is 0 Å². The number of halogens is 1. The van der Waals surface area contributed by atoms with Crippen LogP contribution in [-0.4, -0.2) is 19.5 Å². The van der Waals surface area contributed by atoms with Crippen molar-refractivity contribution in [2.75, 3.05) is 6.01 Å². The number of hydrogen-bond acceptors (Lipinski definition) is 4. The SMILES string of the molecule is O=S(=O)(CF)c1ccc(-c2csc3ccc(O)cc23)cc1. The Balaban J connectivity index is 2.09. The summed E-state index contributed by atoms with van der Waals surface area (Å²) in [6.07, 6.45) is 0. The van der Waals surface area contributed by atoms with Gasteiger partial charge in [-0.25, -0.2) is 12.8 Å². The Morgan fingerprint density at radius 3 is 2.48 bits per heavy atom. The number of alkyl halides is 1. The van der Waals surface area contributed by atoms with Crippen molar-refractivity contribution in [1.82, 2.24) is 0 Å². The monoisotopic (exact) mass is 322 g/mol. The molecule has 0 saturated carbocycles. The Morgan fingerprint density at radius 2 is 1.81 bits per heavy atom. The van der Waals surface area contributed by atoms with Gasteiger partial charge in [0, 0.05) is 15.6 Å². The van der Waals surface area contributed by atoms with E-state index in [-0.39, 0.29) is 10.6 Å². The first-order chi connectivity index (χ1) is 10.0. The molecule has 1 N–H and O–H groups in total. The number of sulfone groups is 1. The van der Waals surface area contributed by atoms with Crippen LogP contribution in [0.2, 0.25) is 0 Å². The Hall–Kier alpha value is -1.92. The zero-order valence-corrected chi connectivity index (χ0v) is 12.4. The fourth-order valence-electron chi connectivity index (χ4n) is 2.15. The molecule has 6 heteroatoms. The highest BCUT2D eigenvalue weighted by Gasteiger charge is 2.14. The third-order valence-corrected chi connectivity index (χ3v) is 5.47. The molecule has 0 aliphatic carbocycles. The van der Waals surface area contributed by atoms with Gasteiger partial charge in [0.1, 0.15) is 5.75 Å². The molecule has 3 nitrogen and oxygen atoms in total. The number of rotatable bonds is 3. The van der Waals surface area contributed by atoms with Crippen LogP contribution in [0.3, 0.4) is 0 Å². The highest BCUT2D eigenvalue weighted by atomic mass is 32.2. The minimum absolute atomic E-state index is 0.0314. The van der Waals surface area contributed by atoms with Crippen LogP contribution < -0.4 is 0 Å². The number of fused-ring (bicyclic) bond motifs is 1. The topological polar surface area (TPSA) is 54.4 Å². The summed E-state index contributed by atoms with van der Waals surface area (Å²) in [6.45, 7) is 0. The number of phenolic OH excluding ortho intramolecular Hbond substituents is 1. The van der Waals surface area contributed by atoms with Crippen LogP contribution in [0.4, 0.5) is 4.39 Å². The summed E-state index contributed by atoms with van der Waals surface area (Å²) in [6, 6.07) is 9.82. The largest absolute Gasteiger partial charge is 0.508 e. The molecule has 0 amide bonds. The van der Waals surface area contributed by atoms with Crippen LogP contribution >= 0.6 is 11.3 Å². The highest BCUT2D eigenvalue weighted by molar-refractivity contribution is 7.91. The fraction of sp³-hybridized carbons (Fsp3) is 0.0667. The summed E-state index contributed by atoms with van der Waals surface area (Å²) in [5.74, 6) is 0.179. The summed E-state index contributed by atoms with van der Waals surface area (Å²) in [4.78, 5) is -0.0314. The van der Waals surface area contributed by atoms with Crippen molar-refractivity contribution in [2.45, 2.75) is 4.90 Å². The average molecular weight is 322 g/mol. The zero-order valence-electron chi connectivity index (χ0n) is 10.8. The summed E-state index contributed by atoms with van der Waals surface area (Å²) in [5, 5.41) is 12.4. The highest BCUT2D eigenvalue weighted by Crippen LogP contribution is 2.36. The second-order valence-electron chi connectivity index (χ2n) is 4.58. The van der Waals surface area contributed by atoms with E-state index < -0.39 is 15.8 Å². The van der Waals surface area contributed by atoms with Crippen molar-refractivity contribution in [3.05, 3.63) is 47.8 Å². The van der Waals surface area contributed by atoms with Crippen LogP contribution in [0.5, 0.6) is 5.75 Å². The maximum atomic E-state index is 12.5. The van der Waals surface area contributed by atoms with Crippen LogP contribution in [0.25, 0.3) is 21.2 Å². The average Bonchev–Trinajstić information content (AvgIpc) is 2.90. The molecule has 21 heavy (non-hydrogen) atoms. The van der Waals surface area contributed by atoms with E-state index in [1.54, 1.807) is 35.6 Å². The van der Waals surface area contributed by atoms with Crippen LogP contribution in [0.1, 0.15) is 0 Å². The van der Waals surface area contributed by atoms with Gasteiger partial charge in [-0.2, -0.15) is 0 Å². The van der Waals surface area contributed by atoms with E-state index in [9.17, 15) is 17.9 Å². The van der Waals surface area contributed by atoms with Gasteiger partial charge in [-0.05, 0) is 41.3 Å². The number of benzene rings is 2. The van der Waals surface area contributed by atoms with Crippen molar-refractivity contribution in [2.24, 2.45) is 0 Å². The van der Waals surface area contributed by atoms with E-state index in [0.29, 0.717) is 0 Å². The maximum absolute atomic E-state index is 12.5. The fourth-order valence-corrected chi connectivity index (χ4v) is 3.77. The first-order valence-corrected chi connectivity index (χ1v) is 8.64. The van der Waals surface area contributed by atoms with Crippen LogP contribution in [-0.2, 0) is 9.84 Å². The molecule has 0 unspecified atom stereocenters. The lowest BCUT2D eigenvalue weighted by Gasteiger charge is -2.03. The van der Waals surface area contributed by atoms with E-state index in [0.717, 1.165) is 21.2 Å². The quantitative estimate of drug-likeness (QED) is 0.793. The van der Waals surface area contributed by atoms with Crippen molar-refractivity contribution >= 4 is 31.3 Å². The minimum Gasteiger partial charge on any atom is -0.508 e. The smallest absolute Gasteiger partial charge is 0.207 e. The lowest BCUT2D eigenvalue weighted by molar-refractivity contribution is 0.476. The van der Waals surface area contributed by atoms with E-state index in [4.69, 9.17) is 0 Å². The van der Waals surface area contributed by atoms with Gasteiger partial charge in [-0.1, -0.05) is 12.1 Å². The van der Waals surface area contributed by atoms with Crippen molar-refractivity contribution in [1.29, 1.82) is 0 Å². The van der Waals surface area contributed by atoms with Gasteiger partial charge in [-0.3, -0.25) is 0 Å². The minimum atomic E-state index is -3.84. The molecule has 0 saturated heterocycles. The van der Waals surface area contributed by atoms with Gasteiger partial charge < -0.3 is 5.11 Å². The molecular formula is C15H11FO3S2. The molecule has 2 aromatic carbocycles. The van der Waals surface area contributed by atoms with Crippen LogP contribution in [0.15, 0.2) is 52.7 Å². The number of phenols is 1. The Kier molecular flexibility index (Phi) is 3.43. The normalized spacial score (nSPS) is 11.9. The van der Waals surface area contributed by atoms with Crippen molar-refractivity contribution in [3.8, 4) is 16.9 Å². The molecule has 1 aromatic heterocycles. The van der Waals surface area contributed by atoms with E-state index in [1.807, 2.05) is 11.4 Å². The summed E-state index contributed by atoms with van der Waals surface area (Å²) in [7, 11) is -3.84. The Morgan fingerprint density at radius 1 is 1.10 bits per heavy atom. The Bertz CT molecular complexity index is 896. The molecular weight excluding hydrogens is 311 g/mol. The third kappa shape index (κ3) is 2.52. The number of thiophene rings is 1. The molecule has 0 aliphatic heterocycles. The van der Waals surface area contributed by atoms with Gasteiger partial charge in [0.15, 0.2) is 6.01 Å². The lowest BCUT2D eigenvalue weighted by Crippen LogP contribution is -2.02. The number of hydrogen-bond donors (Lipinski definition) is 1. The second-order valence-corrected chi connectivity index (χ2v) is 7.41. The summed E-state index contributed by atoms with van der Waals surface area (Å²) < 4.78 is 36.4. The summed E-state index contributed by atoms with van der Waals surface area (Å²) in [5.41, 5.74) is 1.74. The first-order valence-electron chi connectivity index (χ1n) is 6.10. The molecule has 3 rings (SSSR count). The standard InChI is InChI=1S/C15H11FO3S2/c16-9-21(18,19)12-4-1-10(2-5-12)14-8-20-15-6-3-11(17)7-13(14)15/h1-8,17H,9H2. The molecule has 0 spiro atoms. The van der Waals surface area contributed by atoms with Gasteiger partial charge in [0.05, 0.1) is 4.90 Å². The molecule has 3 aromatic rings. The molecule has 0 radical (unpaired) electrons. The lowest BCUT2D eigenvalue weighted by atomic mass is 10.0. The van der Waals surface area contributed by atoms with Crippen LogP contribution in [0, 0.1) is 0 Å². The third-order valence-electron chi connectivity index (χ3n) is 3.23. The predicted octanol–water partition coefficient (Wildman–Crippen LogP) is 3.97. The molecule has 0 aliphatic rings. The van der Waals surface area contributed by atoms with Crippen molar-refractivity contribution < 1.29 is 17.9 Å². The molecule has 0 fully saturated rings. The summed E-state index contributed by atoms with van der Waals surface area (Å²) >= 11 is 1.54. The zero-order chi connectivity index (χ0) is 15.0. The van der Waals surface area contributed by atoms with E-state index in [1.165, 1.54) is 12.1 Å². The van der Waals surface area contributed by atoms with E-state index in [2.05, 4.69) is 0 Å². The first kappa shape index (κ1) is 14.0. The van der Waals surface area contributed by atoms with Crippen molar-refractivity contribution in [3.63, 3.8) is 0 Å². The Labute approximate surface area is 125 Å². The van der Waals surface area contributed by atoms with Gasteiger partial charge >= 0.3 is 0 Å². The van der Waals surface area contributed by atoms with Gasteiger partial charge in [-0.15, -0.1) is 11.3 Å². The molecule has 108 valence electrons. The molecule has 0 atom stereocenters. The second kappa shape index (κ2) is 5.13. The molecule has 1 heterocycles. The maximum Gasteiger partial charge on any atom is 0.207 e. The predicted molar refractivity (Wildman–Crippen MR) is 82.1 cm³/mol. The van der Waals surface area contributed by atoms with E-state index >= 15 is 0 Å². The molecule has 0 bridgehead atoms.